The van der Waals surface area contributed by atoms with Gasteiger partial charge in [-0.3, -0.25) is 9.59 Å². The Morgan fingerprint density at radius 1 is 1.50 bits per heavy atom. The molecular formula is C15H17IN4O2. The Morgan fingerprint density at radius 3 is 2.68 bits per heavy atom. The number of amides is 2. The number of benzene rings is 1. The van der Waals surface area contributed by atoms with Gasteiger partial charge in [-0.25, -0.2) is 0 Å². The molecule has 1 rings (SSSR count). The maximum atomic E-state index is 12.2. The Hall–Kier alpha value is -1.92. The molecule has 0 spiro atoms. The standard InChI is InChI=1S/C15H17IN4O2/c1-10-7-13(16)3-4-14(10)19-15(22)12(8-18)9-20(6-5-17)11(2)21/h3-4,7,9H,5-6,17H2,1-2H3,(H,19,22)/b12-9-. The summed E-state index contributed by atoms with van der Waals surface area (Å²) in [5.74, 6) is -0.841. The summed E-state index contributed by atoms with van der Waals surface area (Å²) >= 11 is 2.18. The lowest BCUT2D eigenvalue weighted by molar-refractivity contribution is -0.126. The molecule has 0 heterocycles. The summed E-state index contributed by atoms with van der Waals surface area (Å²) in [6, 6.07) is 7.36. The van der Waals surface area contributed by atoms with Crippen LogP contribution >= 0.6 is 22.6 Å². The van der Waals surface area contributed by atoms with E-state index in [0.717, 1.165) is 9.13 Å². The minimum atomic E-state index is -0.560. The van der Waals surface area contributed by atoms with Crippen molar-refractivity contribution in [2.24, 2.45) is 5.73 Å². The third-order valence-electron chi connectivity index (χ3n) is 2.86. The molecule has 0 saturated carbocycles. The number of nitrogens with one attached hydrogen (secondary N) is 1. The maximum Gasteiger partial charge on any atom is 0.267 e. The highest BCUT2D eigenvalue weighted by Gasteiger charge is 2.14. The highest BCUT2D eigenvalue weighted by Crippen LogP contribution is 2.18. The summed E-state index contributed by atoms with van der Waals surface area (Å²) in [6.07, 6.45) is 1.23. The van der Waals surface area contributed by atoms with E-state index >= 15 is 0 Å². The first-order valence-electron chi connectivity index (χ1n) is 6.55. The number of aryl methyl sites for hydroxylation is 1. The first-order chi connectivity index (χ1) is 10.4. The average molecular weight is 412 g/mol. The smallest absolute Gasteiger partial charge is 0.267 e. The number of halogens is 1. The first-order valence-corrected chi connectivity index (χ1v) is 7.63. The molecule has 0 bridgehead atoms. The minimum Gasteiger partial charge on any atom is -0.329 e. The van der Waals surface area contributed by atoms with Crippen molar-refractivity contribution < 1.29 is 9.59 Å². The minimum absolute atomic E-state index is 0.151. The predicted molar refractivity (Wildman–Crippen MR) is 92.7 cm³/mol. The number of anilines is 1. The van der Waals surface area contributed by atoms with Gasteiger partial charge in [0.2, 0.25) is 5.91 Å². The number of nitrogens with two attached hydrogens (primary N) is 1. The fourth-order valence-corrected chi connectivity index (χ4v) is 2.35. The molecule has 0 aliphatic rings. The molecule has 0 aromatic heterocycles. The Labute approximate surface area is 143 Å². The summed E-state index contributed by atoms with van der Waals surface area (Å²) < 4.78 is 1.05. The molecule has 0 radical (unpaired) electrons. The fourth-order valence-electron chi connectivity index (χ4n) is 1.70. The molecule has 0 atom stereocenters. The van der Waals surface area contributed by atoms with Crippen LogP contribution in [0.15, 0.2) is 30.0 Å². The van der Waals surface area contributed by atoms with Gasteiger partial charge in [0.05, 0.1) is 0 Å². The van der Waals surface area contributed by atoms with Crippen LogP contribution in [-0.4, -0.2) is 29.8 Å². The number of hydrogen-bond donors (Lipinski definition) is 2. The van der Waals surface area contributed by atoms with E-state index in [0.29, 0.717) is 5.69 Å². The van der Waals surface area contributed by atoms with Gasteiger partial charge < -0.3 is 16.0 Å². The van der Waals surface area contributed by atoms with Crippen molar-refractivity contribution in [1.82, 2.24) is 4.90 Å². The molecule has 0 unspecified atom stereocenters. The summed E-state index contributed by atoms with van der Waals surface area (Å²) in [5, 5.41) is 11.8. The highest BCUT2D eigenvalue weighted by atomic mass is 127. The van der Waals surface area contributed by atoms with Gasteiger partial charge in [-0.1, -0.05) is 0 Å². The van der Waals surface area contributed by atoms with Crippen LogP contribution in [0.1, 0.15) is 12.5 Å². The van der Waals surface area contributed by atoms with Gasteiger partial charge in [0.15, 0.2) is 0 Å². The van der Waals surface area contributed by atoms with Gasteiger partial charge in [0.1, 0.15) is 11.6 Å². The van der Waals surface area contributed by atoms with Crippen LogP contribution < -0.4 is 11.1 Å². The second-order valence-electron chi connectivity index (χ2n) is 4.57. The van der Waals surface area contributed by atoms with Crippen LogP contribution in [0.2, 0.25) is 0 Å². The third kappa shape index (κ3) is 5.13. The van der Waals surface area contributed by atoms with E-state index in [-0.39, 0.29) is 24.6 Å². The lowest BCUT2D eigenvalue weighted by Crippen LogP contribution is -2.30. The number of nitriles is 1. The van der Waals surface area contributed by atoms with Crippen molar-refractivity contribution in [3.63, 3.8) is 0 Å². The Balaban J connectivity index is 2.97. The van der Waals surface area contributed by atoms with Crippen LogP contribution in [0.3, 0.4) is 0 Å². The van der Waals surface area contributed by atoms with E-state index in [9.17, 15) is 9.59 Å². The van der Waals surface area contributed by atoms with E-state index < -0.39 is 5.91 Å². The van der Waals surface area contributed by atoms with Crippen LogP contribution in [0, 0.1) is 21.8 Å². The van der Waals surface area contributed by atoms with Crippen molar-refractivity contribution in [2.45, 2.75) is 13.8 Å². The van der Waals surface area contributed by atoms with Gasteiger partial charge in [0, 0.05) is 35.5 Å². The molecule has 7 heteroatoms. The van der Waals surface area contributed by atoms with Crippen LogP contribution in [0.5, 0.6) is 0 Å². The van der Waals surface area contributed by atoms with Gasteiger partial charge >= 0.3 is 0 Å². The van der Waals surface area contributed by atoms with E-state index in [4.69, 9.17) is 11.0 Å². The first kappa shape index (κ1) is 18.1. The number of hydrogen-bond acceptors (Lipinski definition) is 4. The molecule has 3 N–H and O–H groups in total. The molecule has 1 aromatic carbocycles. The van der Waals surface area contributed by atoms with E-state index in [1.807, 2.05) is 25.1 Å². The Bertz CT molecular complexity index is 649. The predicted octanol–water partition coefficient (Wildman–Crippen LogP) is 1.75. The second-order valence-corrected chi connectivity index (χ2v) is 5.81. The molecule has 0 aliphatic carbocycles. The second kappa shape index (κ2) is 8.51. The molecular weight excluding hydrogens is 395 g/mol. The molecule has 0 aliphatic heterocycles. The highest BCUT2D eigenvalue weighted by molar-refractivity contribution is 14.1. The van der Waals surface area contributed by atoms with Gasteiger partial charge in [-0.15, -0.1) is 0 Å². The molecule has 1 aromatic rings. The number of carbonyl (C=O) groups excluding carboxylic acids is 2. The van der Waals surface area contributed by atoms with Crippen molar-refractivity contribution in [3.8, 4) is 6.07 Å². The van der Waals surface area contributed by atoms with Crippen molar-refractivity contribution in [1.29, 1.82) is 5.26 Å². The summed E-state index contributed by atoms with van der Waals surface area (Å²) in [5.41, 5.74) is 6.78. The fraction of sp³-hybridized carbons (Fsp3) is 0.267. The van der Waals surface area contributed by atoms with Crippen molar-refractivity contribution in [3.05, 3.63) is 39.1 Å². The molecule has 22 heavy (non-hydrogen) atoms. The normalized spacial score (nSPS) is 10.8. The number of carbonyl (C=O) groups is 2. The van der Waals surface area contributed by atoms with E-state index in [1.165, 1.54) is 18.0 Å². The van der Waals surface area contributed by atoms with Gasteiger partial charge in [0.25, 0.3) is 5.91 Å². The average Bonchev–Trinajstić information content (AvgIpc) is 2.46. The number of nitrogens with zero attached hydrogens (tertiary/aromatic N) is 2. The molecule has 0 fully saturated rings. The monoisotopic (exact) mass is 412 g/mol. The molecule has 2 amide bonds. The SMILES string of the molecule is CC(=O)N(/C=C(/C#N)C(=O)Nc1ccc(I)cc1C)CCN. The summed E-state index contributed by atoms with van der Waals surface area (Å²) in [7, 11) is 0. The molecule has 116 valence electrons. The maximum absolute atomic E-state index is 12.2. The third-order valence-corrected chi connectivity index (χ3v) is 3.53. The van der Waals surface area contributed by atoms with Gasteiger partial charge in [-0.2, -0.15) is 5.26 Å². The van der Waals surface area contributed by atoms with Crippen molar-refractivity contribution >= 4 is 40.1 Å². The van der Waals surface area contributed by atoms with Crippen LogP contribution in [-0.2, 0) is 9.59 Å². The van der Waals surface area contributed by atoms with Crippen LogP contribution in [0.4, 0.5) is 5.69 Å². The zero-order valence-electron chi connectivity index (χ0n) is 12.4. The molecule has 0 saturated heterocycles. The van der Waals surface area contributed by atoms with E-state index in [1.54, 1.807) is 6.07 Å². The van der Waals surface area contributed by atoms with Gasteiger partial charge in [-0.05, 0) is 53.3 Å². The lowest BCUT2D eigenvalue weighted by atomic mass is 10.2. The topological polar surface area (TPSA) is 99.2 Å². The lowest BCUT2D eigenvalue weighted by Gasteiger charge is -2.16. The zero-order valence-corrected chi connectivity index (χ0v) is 14.5. The van der Waals surface area contributed by atoms with Crippen LogP contribution in [0.25, 0.3) is 0 Å². The van der Waals surface area contributed by atoms with E-state index in [2.05, 4.69) is 27.9 Å². The van der Waals surface area contributed by atoms with Crippen molar-refractivity contribution in [2.75, 3.05) is 18.4 Å². The summed E-state index contributed by atoms with van der Waals surface area (Å²) in [4.78, 5) is 24.9. The Kier molecular flexibility index (Phi) is 7.01. The Morgan fingerprint density at radius 2 is 2.18 bits per heavy atom. The summed E-state index contributed by atoms with van der Waals surface area (Å²) in [6.45, 7) is 3.70. The largest absolute Gasteiger partial charge is 0.329 e. The number of rotatable bonds is 5. The quantitative estimate of drug-likeness (QED) is 0.437. The zero-order chi connectivity index (χ0) is 16.7. The molecule has 6 nitrogen and oxygen atoms in total.